The van der Waals surface area contributed by atoms with Crippen LogP contribution in [0.25, 0.3) is 10.9 Å². The second-order valence-electron chi connectivity index (χ2n) is 5.42. The molecule has 0 aliphatic rings. The Labute approximate surface area is 135 Å². The predicted molar refractivity (Wildman–Crippen MR) is 89.8 cm³/mol. The highest BCUT2D eigenvalue weighted by Gasteiger charge is 2.20. The molecule has 0 saturated heterocycles. The molecule has 2 N–H and O–H groups in total. The first-order valence-corrected chi connectivity index (χ1v) is 9.08. The standard InChI is InChI=1S/C16H20N4O2S/c1-3-20-12(2)16(11-18-20)23(21,22)19-9-8-13-10-17-15-7-5-4-6-14(13)15/h4-7,10-11,17,19H,3,8-9H2,1-2H3. The number of fused-ring (bicyclic) bond motifs is 1. The van der Waals surface area contributed by atoms with E-state index in [1.165, 1.54) is 6.20 Å². The van der Waals surface area contributed by atoms with Crippen LogP contribution in [0.15, 0.2) is 41.6 Å². The van der Waals surface area contributed by atoms with Gasteiger partial charge in [0.2, 0.25) is 10.0 Å². The van der Waals surface area contributed by atoms with E-state index in [1.54, 1.807) is 11.6 Å². The Morgan fingerprint density at radius 2 is 2.09 bits per heavy atom. The zero-order chi connectivity index (χ0) is 16.4. The van der Waals surface area contributed by atoms with Crippen LogP contribution >= 0.6 is 0 Å². The molecular weight excluding hydrogens is 312 g/mol. The lowest BCUT2D eigenvalue weighted by Crippen LogP contribution is -2.26. The maximum absolute atomic E-state index is 12.4. The van der Waals surface area contributed by atoms with Crippen molar-refractivity contribution in [3.8, 4) is 0 Å². The summed E-state index contributed by atoms with van der Waals surface area (Å²) in [5.74, 6) is 0. The molecule has 0 amide bonds. The quantitative estimate of drug-likeness (QED) is 0.726. The monoisotopic (exact) mass is 332 g/mol. The van der Waals surface area contributed by atoms with Gasteiger partial charge in [0.1, 0.15) is 4.90 Å². The zero-order valence-corrected chi connectivity index (χ0v) is 14.0. The summed E-state index contributed by atoms with van der Waals surface area (Å²) in [5.41, 5.74) is 2.82. The molecule has 1 aromatic carbocycles. The van der Waals surface area contributed by atoms with Crippen LogP contribution in [-0.4, -0.2) is 29.7 Å². The van der Waals surface area contributed by atoms with E-state index in [-0.39, 0.29) is 4.90 Å². The van der Waals surface area contributed by atoms with E-state index >= 15 is 0 Å². The van der Waals surface area contributed by atoms with E-state index in [0.29, 0.717) is 25.2 Å². The highest BCUT2D eigenvalue weighted by molar-refractivity contribution is 7.89. The molecule has 0 atom stereocenters. The fourth-order valence-electron chi connectivity index (χ4n) is 2.75. The van der Waals surface area contributed by atoms with Crippen molar-refractivity contribution in [2.45, 2.75) is 31.7 Å². The third kappa shape index (κ3) is 3.02. The van der Waals surface area contributed by atoms with Crippen molar-refractivity contribution < 1.29 is 8.42 Å². The number of hydrogen-bond acceptors (Lipinski definition) is 3. The molecule has 3 rings (SSSR count). The van der Waals surface area contributed by atoms with Crippen LogP contribution in [0.4, 0.5) is 0 Å². The molecule has 122 valence electrons. The lowest BCUT2D eigenvalue weighted by molar-refractivity contribution is 0.579. The number of aromatic amines is 1. The number of aromatic nitrogens is 3. The minimum Gasteiger partial charge on any atom is -0.361 e. The summed E-state index contributed by atoms with van der Waals surface area (Å²) in [6.45, 7) is 4.70. The highest BCUT2D eigenvalue weighted by Crippen LogP contribution is 2.18. The molecule has 0 aliphatic carbocycles. The van der Waals surface area contributed by atoms with Gasteiger partial charge in [0.05, 0.1) is 11.9 Å². The number of H-pyrrole nitrogens is 1. The van der Waals surface area contributed by atoms with E-state index in [1.807, 2.05) is 37.4 Å². The number of para-hydroxylation sites is 1. The molecule has 0 spiro atoms. The number of rotatable bonds is 6. The summed E-state index contributed by atoms with van der Waals surface area (Å²) in [5, 5.41) is 5.22. The fourth-order valence-corrected chi connectivity index (χ4v) is 3.95. The lowest BCUT2D eigenvalue weighted by atomic mass is 10.1. The normalized spacial score (nSPS) is 12.1. The molecule has 0 saturated carbocycles. The Morgan fingerprint density at radius 3 is 2.83 bits per heavy atom. The van der Waals surface area contributed by atoms with Crippen LogP contribution < -0.4 is 4.72 Å². The summed E-state index contributed by atoms with van der Waals surface area (Å²) in [4.78, 5) is 3.45. The summed E-state index contributed by atoms with van der Waals surface area (Å²) in [7, 11) is -3.53. The highest BCUT2D eigenvalue weighted by atomic mass is 32.2. The number of aryl methyl sites for hydroxylation is 1. The van der Waals surface area contributed by atoms with Gasteiger partial charge in [-0.1, -0.05) is 18.2 Å². The van der Waals surface area contributed by atoms with Crippen LogP contribution in [0.1, 0.15) is 18.2 Å². The zero-order valence-electron chi connectivity index (χ0n) is 13.2. The molecule has 0 fully saturated rings. The summed E-state index contributed by atoms with van der Waals surface area (Å²) >= 11 is 0. The smallest absolute Gasteiger partial charge is 0.243 e. The largest absolute Gasteiger partial charge is 0.361 e. The van der Waals surface area contributed by atoms with Gasteiger partial charge in [-0.2, -0.15) is 5.10 Å². The van der Waals surface area contributed by atoms with Gasteiger partial charge in [-0.15, -0.1) is 0 Å². The molecule has 2 aromatic heterocycles. The topological polar surface area (TPSA) is 79.8 Å². The fraction of sp³-hybridized carbons (Fsp3) is 0.312. The third-order valence-electron chi connectivity index (χ3n) is 4.01. The van der Waals surface area contributed by atoms with E-state index < -0.39 is 10.0 Å². The molecule has 0 unspecified atom stereocenters. The van der Waals surface area contributed by atoms with Crippen molar-refractivity contribution >= 4 is 20.9 Å². The molecule has 0 aliphatic heterocycles. The summed E-state index contributed by atoms with van der Waals surface area (Å²) in [6.07, 6.45) is 3.97. The minimum absolute atomic E-state index is 0.248. The second-order valence-corrected chi connectivity index (χ2v) is 7.15. The first-order chi connectivity index (χ1) is 11.0. The number of nitrogens with zero attached hydrogens (tertiary/aromatic N) is 2. The van der Waals surface area contributed by atoms with Gasteiger partial charge in [0.25, 0.3) is 0 Å². The van der Waals surface area contributed by atoms with Crippen LogP contribution in [0.5, 0.6) is 0 Å². The number of benzene rings is 1. The van der Waals surface area contributed by atoms with Crippen molar-refractivity contribution in [3.63, 3.8) is 0 Å². The van der Waals surface area contributed by atoms with Crippen LogP contribution in [0.3, 0.4) is 0 Å². The number of nitrogens with one attached hydrogen (secondary N) is 2. The first-order valence-electron chi connectivity index (χ1n) is 7.60. The van der Waals surface area contributed by atoms with Gasteiger partial charge < -0.3 is 4.98 Å². The summed E-state index contributed by atoms with van der Waals surface area (Å²) in [6, 6.07) is 7.99. The van der Waals surface area contributed by atoms with Gasteiger partial charge in [0, 0.05) is 30.2 Å². The predicted octanol–water partition coefficient (Wildman–Crippen LogP) is 2.21. The molecule has 6 nitrogen and oxygen atoms in total. The minimum atomic E-state index is -3.53. The van der Waals surface area contributed by atoms with E-state index in [9.17, 15) is 8.42 Å². The molecular formula is C16H20N4O2S. The number of sulfonamides is 1. The lowest BCUT2D eigenvalue weighted by Gasteiger charge is -2.06. The van der Waals surface area contributed by atoms with Crippen LogP contribution in [0.2, 0.25) is 0 Å². The van der Waals surface area contributed by atoms with Crippen molar-refractivity contribution in [2.75, 3.05) is 6.54 Å². The molecule has 0 bridgehead atoms. The Kier molecular flexibility index (Phi) is 4.23. The number of hydrogen-bond donors (Lipinski definition) is 2. The summed E-state index contributed by atoms with van der Waals surface area (Å²) < 4.78 is 29.1. The van der Waals surface area contributed by atoms with Crippen LogP contribution in [0, 0.1) is 6.92 Å². The Hall–Kier alpha value is -2.12. The third-order valence-corrected chi connectivity index (χ3v) is 5.57. The van der Waals surface area contributed by atoms with Gasteiger partial charge in [-0.05, 0) is 31.9 Å². The van der Waals surface area contributed by atoms with Crippen molar-refractivity contribution in [1.82, 2.24) is 19.5 Å². The van der Waals surface area contributed by atoms with Gasteiger partial charge >= 0.3 is 0 Å². The van der Waals surface area contributed by atoms with E-state index in [2.05, 4.69) is 14.8 Å². The molecule has 23 heavy (non-hydrogen) atoms. The Balaban J connectivity index is 1.71. The van der Waals surface area contributed by atoms with Crippen molar-refractivity contribution in [1.29, 1.82) is 0 Å². The van der Waals surface area contributed by atoms with Crippen molar-refractivity contribution in [3.05, 3.63) is 47.9 Å². The van der Waals surface area contributed by atoms with E-state index in [4.69, 9.17) is 0 Å². The average molecular weight is 332 g/mol. The maximum Gasteiger partial charge on any atom is 0.243 e. The Bertz CT molecular complexity index is 925. The molecule has 0 radical (unpaired) electrons. The molecule has 7 heteroatoms. The average Bonchev–Trinajstić information content (AvgIpc) is 3.11. The second kappa shape index (κ2) is 6.17. The van der Waals surface area contributed by atoms with Gasteiger partial charge in [-0.3, -0.25) is 4.68 Å². The van der Waals surface area contributed by atoms with Crippen LogP contribution in [-0.2, 0) is 23.0 Å². The Morgan fingerprint density at radius 1 is 1.30 bits per heavy atom. The SMILES string of the molecule is CCn1ncc(S(=O)(=O)NCCc2c[nH]c3ccccc23)c1C. The molecule has 2 heterocycles. The van der Waals surface area contributed by atoms with E-state index in [0.717, 1.165) is 16.5 Å². The van der Waals surface area contributed by atoms with Gasteiger partial charge in [0.15, 0.2) is 0 Å². The first kappa shape index (κ1) is 15.8. The maximum atomic E-state index is 12.4. The van der Waals surface area contributed by atoms with Crippen molar-refractivity contribution in [2.24, 2.45) is 0 Å². The molecule has 3 aromatic rings. The van der Waals surface area contributed by atoms with Gasteiger partial charge in [-0.25, -0.2) is 13.1 Å².